The van der Waals surface area contributed by atoms with Gasteiger partial charge in [-0.3, -0.25) is 10.1 Å². The normalized spacial score (nSPS) is 11.7. The molecule has 0 bridgehead atoms. The Hall–Kier alpha value is -2.13. The lowest BCUT2D eigenvalue weighted by molar-refractivity contribution is 0.807. The predicted molar refractivity (Wildman–Crippen MR) is 91.3 cm³/mol. The first-order valence-corrected chi connectivity index (χ1v) is 8.63. The Bertz CT molecular complexity index is 970. The van der Waals surface area contributed by atoms with Crippen LogP contribution in [0.2, 0.25) is 0 Å². The average Bonchev–Trinajstić information content (AvgIpc) is 3.21. The van der Waals surface area contributed by atoms with Gasteiger partial charge in [0.05, 0.1) is 10.2 Å². The van der Waals surface area contributed by atoms with Gasteiger partial charge in [-0.2, -0.15) is 14.7 Å². The van der Waals surface area contributed by atoms with E-state index in [1.165, 1.54) is 11.3 Å². The smallest absolute Gasteiger partial charge is 0.235 e. The van der Waals surface area contributed by atoms with Crippen LogP contribution in [0.15, 0.2) is 29.0 Å². The maximum atomic E-state index is 4.63. The first-order chi connectivity index (χ1) is 11.1. The summed E-state index contributed by atoms with van der Waals surface area (Å²) in [6.07, 6.45) is 3.45. The third-order valence-electron chi connectivity index (χ3n) is 3.44. The molecule has 116 valence electrons. The van der Waals surface area contributed by atoms with Crippen LogP contribution in [0.4, 0.5) is 0 Å². The molecule has 4 aromatic heterocycles. The van der Waals surface area contributed by atoms with E-state index in [4.69, 9.17) is 0 Å². The topological polar surface area (TPSA) is 84.7 Å². The van der Waals surface area contributed by atoms with Crippen LogP contribution < -0.4 is 0 Å². The van der Waals surface area contributed by atoms with Gasteiger partial charge in [-0.15, -0.1) is 10.2 Å². The van der Waals surface area contributed by atoms with Gasteiger partial charge in [0.2, 0.25) is 4.96 Å². The van der Waals surface area contributed by atoms with Crippen LogP contribution in [0.3, 0.4) is 0 Å². The molecule has 4 aromatic rings. The van der Waals surface area contributed by atoms with Gasteiger partial charge in [0.15, 0.2) is 10.8 Å². The van der Waals surface area contributed by atoms with Crippen molar-refractivity contribution in [3.05, 3.63) is 34.7 Å². The van der Waals surface area contributed by atoms with Gasteiger partial charge in [-0.25, -0.2) is 0 Å². The number of nitrogens with one attached hydrogen (secondary N) is 1. The highest BCUT2D eigenvalue weighted by Crippen LogP contribution is 2.35. The number of rotatable bonds is 3. The SMILES string of the molecule is CC(C)c1[nH]nc(-c2nn3c(-c4ccncc4)nnc3s2)c1Br. The molecule has 0 fully saturated rings. The summed E-state index contributed by atoms with van der Waals surface area (Å²) in [5.74, 6) is 1.05. The fourth-order valence-electron chi connectivity index (χ4n) is 2.26. The van der Waals surface area contributed by atoms with Crippen molar-refractivity contribution in [2.75, 3.05) is 0 Å². The van der Waals surface area contributed by atoms with Crippen molar-refractivity contribution in [2.45, 2.75) is 19.8 Å². The third-order valence-corrected chi connectivity index (χ3v) is 5.15. The summed E-state index contributed by atoms with van der Waals surface area (Å²) in [5, 5.41) is 21.3. The fraction of sp³-hybridized carbons (Fsp3) is 0.214. The molecule has 0 aromatic carbocycles. The molecule has 0 aliphatic carbocycles. The number of H-pyrrole nitrogens is 1. The molecule has 0 unspecified atom stereocenters. The quantitative estimate of drug-likeness (QED) is 0.579. The van der Waals surface area contributed by atoms with Gasteiger partial charge in [0.25, 0.3) is 0 Å². The van der Waals surface area contributed by atoms with E-state index >= 15 is 0 Å². The largest absolute Gasteiger partial charge is 0.280 e. The minimum atomic E-state index is 0.351. The fourth-order valence-corrected chi connectivity index (χ4v) is 4.05. The number of halogens is 1. The van der Waals surface area contributed by atoms with Gasteiger partial charge in [0, 0.05) is 18.0 Å². The highest BCUT2D eigenvalue weighted by atomic mass is 79.9. The average molecular weight is 390 g/mol. The lowest BCUT2D eigenvalue weighted by atomic mass is 10.1. The Kier molecular flexibility index (Phi) is 3.46. The van der Waals surface area contributed by atoms with Crippen LogP contribution in [0.1, 0.15) is 25.5 Å². The molecule has 0 atom stereocenters. The van der Waals surface area contributed by atoms with Crippen molar-refractivity contribution in [1.82, 2.24) is 35.0 Å². The number of pyridine rings is 1. The van der Waals surface area contributed by atoms with Crippen LogP contribution in [0, 0.1) is 0 Å². The van der Waals surface area contributed by atoms with E-state index in [-0.39, 0.29) is 0 Å². The van der Waals surface area contributed by atoms with Gasteiger partial charge < -0.3 is 0 Å². The molecule has 7 nitrogen and oxygen atoms in total. The van der Waals surface area contributed by atoms with Crippen LogP contribution in [-0.2, 0) is 0 Å². The molecular weight excluding hydrogens is 378 g/mol. The number of fused-ring (bicyclic) bond motifs is 1. The van der Waals surface area contributed by atoms with Crippen molar-refractivity contribution in [3.63, 3.8) is 0 Å². The monoisotopic (exact) mass is 389 g/mol. The Morgan fingerprint density at radius 3 is 2.70 bits per heavy atom. The molecule has 0 spiro atoms. The van der Waals surface area contributed by atoms with Crippen LogP contribution in [0.5, 0.6) is 0 Å². The number of hydrogen-bond acceptors (Lipinski definition) is 6. The number of nitrogens with zero attached hydrogens (tertiary/aromatic N) is 6. The van der Waals surface area contributed by atoms with E-state index in [0.717, 1.165) is 31.4 Å². The molecule has 1 N–H and O–H groups in total. The molecular formula is C14H12BrN7S. The molecule has 0 radical (unpaired) electrons. The zero-order valence-electron chi connectivity index (χ0n) is 12.4. The van der Waals surface area contributed by atoms with Crippen molar-refractivity contribution >= 4 is 32.2 Å². The van der Waals surface area contributed by atoms with Crippen LogP contribution in [-0.4, -0.2) is 35.0 Å². The summed E-state index contributed by atoms with van der Waals surface area (Å²) in [5.41, 5.74) is 2.78. The van der Waals surface area contributed by atoms with Gasteiger partial charge in [0.1, 0.15) is 5.69 Å². The first-order valence-electron chi connectivity index (χ1n) is 7.02. The molecule has 0 saturated carbocycles. The molecule has 4 rings (SSSR count). The molecule has 0 amide bonds. The number of aromatic nitrogens is 7. The Balaban J connectivity index is 1.83. The standard InChI is InChI=1S/C14H12BrN7S/c1-7(2)10-9(15)11(18-17-10)13-21-22-12(19-20-14(22)23-13)8-3-5-16-6-4-8/h3-7H,1-2H3,(H,17,18). The lowest BCUT2D eigenvalue weighted by Crippen LogP contribution is -1.91. The Morgan fingerprint density at radius 2 is 2.00 bits per heavy atom. The summed E-state index contributed by atoms with van der Waals surface area (Å²) in [7, 11) is 0. The summed E-state index contributed by atoms with van der Waals surface area (Å²) in [4.78, 5) is 4.75. The molecule has 0 aliphatic heterocycles. The van der Waals surface area contributed by atoms with Crippen LogP contribution >= 0.6 is 27.3 Å². The molecule has 4 heterocycles. The van der Waals surface area contributed by atoms with Crippen LogP contribution in [0.25, 0.3) is 27.1 Å². The first kappa shape index (κ1) is 14.5. The Morgan fingerprint density at radius 1 is 1.22 bits per heavy atom. The number of aromatic amines is 1. The summed E-state index contributed by atoms with van der Waals surface area (Å²) in [6, 6.07) is 3.77. The summed E-state index contributed by atoms with van der Waals surface area (Å²) in [6.45, 7) is 4.23. The van der Waals surface area contributed by atoms with Crippen molar-refractivity contribution in [1.29, 1.82) is 0 Å². The van der Waals surface area contributed by atoms with Crippen molar-refractivity contribution in [3.8, 4) is 22.1 Å². The lowest BCUT2D eigenvalue weighted by Gasteiger charge is -2.00. The van der Waals surface area contributed by atoms with Gasteiger partial charge in [-0.1, -0.05) is 25.2 Å². The Labute approximate surface area is 143 Å². The highest BCUT2D eigenvalue weighted by Gasteiger charge is 2.20. The van der Waals surface area contributed by atoms with Crippen molar-refractivity contribution < 1.29 is 0 Å². The zero-order valence-corrected chi connectivity index (χ0v) is 14.8. The summed E-state index contributed by atoms with van der Waals surface area (Å²) >= 11 is 5.07. The molecule has 23 heavy (non-hydrogen) atoms. The predicted octanol–water partition coefficient (Wildman–Crippen LogP) is 3.52. The minimum absolute atomic E-state index is 0.351. The van der Waals surface area contributed by atoms with E-state index in [0.29, 0.717) is 11.7 Å². The van der Waals surface area contributed by atoms with Gasteiger partial charge in [-0.05, 0) is 34.0 Å². The van der Waals surface area contributed by atoms with E-state index in [1.807, 2.05) is 12.1 Å². The zero-order chi connectivity index (χ0) is 16.0. The minimum Gasteiger partial charge on any atom is -0.280 e. The highest BCUT2D eigenvalue weighted by molar-refractivity contribution is 9.10. The molecule has 9 heteroatoms. The second kappa shape index (κ2) is 5.50. The second-order valence-electron chi connectivity index (χ2n) is 5.32. The van der Waals surface area contributed by atoms with E-state index < -0.39 is 0 Å². The molecule has 0 aliphatic rings. The number of hydrogen-bond donors (Lipinski definition) is 1. The maximum absolute atomic E-state index is 4.63. The van der Waals surface area contributed by atoms with Gasteiger partial charge >= 0.3 is 0 Å². The van der Waals surface area contributed by atoms with E-state index in [2.05, 4.69) is 60.3 Å². The van der Waals surface area contributed by atoms with E-state index in [1.54, 1.807) is 16.9 Å². The van der Waals surface area contributed by atoms with Crippen molar-refractivity contribution in [2.24, 2.45) is 0 Å². The third kappa shape index (κ3) is 2.36. The second-order valence-corrected chi connectivity index (χ2v) is 7.06. The van der Waals surface area contributed by atoms with E-state index in [9.17, 15) is 0 Å². The maximum Gasteiger partial charge on any atom is 0.235 e. The molecule has 0 saturated heterocycles. The summed E-state index contributed by atoms with van der Waals surface area (Å²) < 4.78 is 2.69.